The minimum atomic E-state index is -3.40. The van der Waals surface area contributed by atoms with Crippen molar-refractivity contribution in [3.05, 3.63) is 70.1 Å². The van der Waals surface area contributed by atoms with Gasteiger partial charge in [0.15, 0.2) is 0 Å². The van der Waals surface area contributed by atoms with Crippen molar-refractivity contribution in [2.45, 2.75) is 13.3 Å². The summed E-state index contributed by atoms with van der Waals surface area (Å²) in [6.45, 7) is 2.21. The Bertz CT molecular complexity index is 1070. The van der Waals surface area contributed by atoms with E-state index in [2.05, 4.69) is 20.0 Å². The zero-order valence-corrected chi connectivity index (χ0v) is 17.4. The lowest BCUT2D eigenvalue weighted by molar-refractivity contribution is 0.602. The van der Waals surface area contributed by atoms with Crippen LogP contribution in [0.2, 0.25) is 0 Å². The summed E-state index contributed by atoms with van der Waals surface area (Å²) in [5.74, 6) is 0.297. The first-order valence-electron chi connectivity index (χ1n) is 9.01. The normalized spacial score (nSPS) is 11.7. The molecule has 2 aromatic heterocycles. The van der Waals surface area contributed by atoms with E-state index in [9.17, 15) is 12.8 Å². The summed E-state index contributed by atoms with van der Waals surface area (Å²) in [4.78, 5) is 8.63. The van der Waals surface area contributed by atoms with Crippen LogP contribution in [-0.4, -0.2) is 30.7 Å². The number of aromatic nitrogens is 2. The van der Waals surface area contributed by atoms with E-state index in [4.69, 9.17) is 0 Å². The molecule has 9 heteroatoms. The maximum Gasteiger partial charge on any atom is 0.232 e. The highest BCUT2D eigenvalue weighted by Gasteiger charge is 2.10. The van der Waals surface area contributed by atoms with Crippen LogP contribution < -0.4 is 10.0 Å². The molecule has 1 aromatic carbocycles. The number of nitrogens with one attached hydrogen (secondary N) is 2. The molecule has 0 spiro atoms. The second-order valence-corrected chi connectivity index (χ2v) is 9.14. The topological polar surface area (TPSA) is 84.0 Å². The lowest BCUT2D eigenvalue weighted by Gasteiger charge is -2.11. The first-order valence-corrected chi connectivity index (χ1v) is 11.5. The SMILES string of the molecule is CCS(=O)(=O)Nc1cnc(NCCc2nccs2)c(C=Cc2ccc(F)cc2)c1. The average Bonchev–Trinajstić information content (AvgIpc) is 3.22. The Morgan fingerprint density at radius 2 is 1.97 bits per heavy atom. The Morgan fingerprint density at radius 3 is 2.66 bits per heavy atom. The van der Waals surface area contributed by atoms with Gasteiger partial charge in [0.25, 0.3) is 0 Å². The van der Waals surface area contributed by atoms with Crippen molar-refractivity contribution in [2.24, 2.45) is 0 Å². The number of benzene rings is 1. The highest BCUT2D eigenvalue weighted by Crippen LogP contribution is 2.21. The highest BCUT2D eigenvalue weighted by molar-refractivity contribution is 7.92. The number of halogens is 1. The molecule has 6 nitrogen and oxygen atoms in total. The second-order valence-electron chi connectivity index (χ2n) is 6.15. The molecule has 0 bridgehead atoms. The monoisotopic (exact) mass is 432 g/mol. The molecular weight excluding hydrogens is 411 g/mol. The number of rotatable bonds is 9. The summed E-state index contributed by atoms with van der Waals surface area (Å²) in [6, 6.07) is 7.82. The van der Waals surface area contributed by atoms with Crippen molar-refractivity contribution in [1.82, 2.24) is 9.97 Å². The first kappa shape index (κ1) is 20.9. The molecule has 152 valence electrons. The number of pyridine rings is 1. The predicted molar refractivity (Wildman–Crippen MR) is 117 cm³/mol. The molecule has 0 aliphatic rings. The standard InChI is InChI=1S/C20H21FN4O2S2/c1-2-29(26,27)25-18-13-16(6-3-15-4-7-17(21)8-5-15)20(24-14-18)23-10-9-19-22-11-12-28-19/h3-8,11-14,25H,2,9-10H2,1H3,(H,23,24). The molecule has 0 saturated carbocycles. The van der Waals surface area contributed by atoms with Crippen molar-refractivity contribution < 1.29 is 12.8 Å². The number of sulfonamides is 1. The number of hydrogen-bond acceptors (Lipinski definition) is 6. The van der Waals surface area contributed by atoms with Gasteiger partial charge in [-0.15, -0.1) is 11.3 Å². The summed E-state index contributed by atoms with van der Waals surface area (Å²) in [5.41, 5.74) is 1.92. The Kier molecular flexibility index (Phi) is 6.95. The Labute approximate surface area is 173 Å². The molecule has 3 rings (SSSR count). The maximum atomic E-state index is 13.1. The molecule has 29 heavy (non-hydrogen) atoms. The third-order valence-corrected chi connectivity index (χ3v) is 6.16. The van der Waals surface area contributed by atoms with Gasteiger partial charge in [0.1, 0.15) is 11.6 Å². The van der Waals surface area contributed by atoms with Crippen molar-refractivity contribution in [3.63, 3.8) is 0 Å². The largest absolute Gasteiger partial charge is 0.369 e. The fraction of sp³-hybridized carbons (Fsp3) is 0.200. The smallest absolute Gasteiger partial charge is 0.232 e. The molecule has 0 unspecified atom stereocenters. The van der Waals surface area contributed by atoms with Gasteiger partial charge in [-0.25, -0.2) is 22.8 Å². The summed E-state index contributed by atoms with van der Waals surface area (Å²) in [7, 11) is -3.40. The van der Waals surface area contributed by atoms with Gasteiger partial charge in [0.2, 0.25) is 10.0 Å². The second kappa shape index (κ2) is 9.62. The molecule has 0 saturated heterocycles. The fourth-order valence-corrected chi connectivity index (χ4v) is 3.72. The number of hydrogen-bond donors (Lipinski definition) is 2. The Balaban J connectivity index is 1.81. The molecule has 0 amide bonds. The quantitative estimate of drug-likeness (QED) is 0.528. The van der Waals surface area contributed by atoms with Crippen LogP contribution in [0.15, 0.2) is 48.1 Å². The van der Waals surface area contributed by atoms with Gasteiger partial charge >= 0.3 is 0 Å². The van der Waals surface area contributed by atoms with Gasteiger partial charge in [0, 0.05) is 30.1 Å². The van der Waals surface area contributed by atoms with Gasteiger partial charge < -0.3 is 5.32 Å². The molecular formula is C20H21FN4O2S2. The molecule has 0 radical (unpaired) electrons. The van der Waals surface area contributed by atoms with Gasteiger partial charge in [-0.2, -0.15) is 0 Å². The van der Waals surface area contributed by atoms with Crippen LogP contribution in [0.25, 0.3) is 12.2 Å². The van der Waals surface area contributed by atoms with E-state index in [1.165, 1.54) is 18.3 Å². The molecule has 0 fully saturated rings. The van der Waals surface area contributed by atoms with Crippen LogP contribution in [-0.2, 0) is 16.4 Å². The minimum Gasteiger partial charge on any atom is -0.369 e. The molecule has 0 aliphatic carbocycles. The van der Waals surface area contributed by atoms with Crippen molar-refractivity contribution >= 4 is 45.0 Å². The Hall–Kier alpha value is -2.78. The van der Waals surface area contributed by atoms with E-state index in [0.717, 1.165) is 17.0 Å². The summed E-state index contributed by atoms with van der Waals surface area (Å²) in [6.07, 6.45) is 7.64. The third kappa shape index (κ3) is 6.37. The zero-order valence-electron chi connectivity index (χ0n) is 15.8. The third-order valence-electron chi connectivity index (χ3n) is 4.01. The van der Waals surface area contributed by atoms with Crippen molar-refractivity contribution in [3.8, 4) is 0 Å². The van der Waals surface area contributed by atoms with Crippen LogP contribution in [0.4, 0.5) is 15.9 Å². The number of nitrogens with zero attached hydrogens (tertiary/aromatic N) is 2. The van der Waals surface area contributed by atoms with Crippen LogP contribution in [0.1, 0.15) is 23.1 Å². The number of thiazole rings is 1. The molecule has 2 N–H and O–H groups in total. The fourth-order valence-electron chi connectivity index (χ4n) is 2.49. The van der Waals surface area contributed by atoms with E-state index < -0.39 is 10.0 Å². The van der Waals surface area contributed by atoms with Gasteiger partial charge in [-0.1, -0.05) is 24.3 Å². The van der Waals surface area contributed by atoms with E-state index in [0.29, 0.717) is 23.6 Å². The Morgan fingerprint density at radius 1 is 1.17 bits per heavy atom. The van der Waals surface area contributed by atoms with Gasteiger partial charge in [-0.05, 0) is 30.7 Å². The summed E-state index contributed by atoms with van der Waals surface area (Å²) < 4.78 is 39.3. The summed E-state index contributed by atoms with van der Waals surface area (Å²) >= 11 is 1.59. The van der Waals surface area contributed by atoms with Crippen LogP contribution >= 0.6 is 11.3 Å². The van der Waals surface area contributed by atoms with Gasteiger partial charge in [-0.3, -0.25) is 4.72 Å². The molecule has 2 heterocycles. The van der Waals surface area contributed by atoms with E-state index >= 15 is 0 Å². The van der Waals surface area contributed by atoms with Crippen molar-refractivity contribution in [1.29, 1.82) is 0 Å². The van der Waals surface area contributed by atoms with E-state index in [1.807, 2.05) is 17.5 Å². The lowest BCUT2D eigenvalue weighted by atomic mass is 10.1. The van der Waals surface area contributed by atoms with Crippen LogP contribution in [0, 0.1) is 5.82 Å². The number of anilines is 2. The van der Waals surface area contributed by atoms with E-state index in [1.54, 1.807) is 42.7 Å². The van der Waals surface area contributed by atoms with E-state index in [-0.39, 0.29) is 11.6 Å². The minimum absolute atomic E-state index is 0.0262. The van der Waals surface area contributed by atoms with Crippen molar-refractivity contribution in [2.75, 3.05) is 22.3 Å². The highest BCUT2D eigenvalue weighted by atomic mass is 32.2. The first-order chi connectivity index (χ1) is 13.9. The predicted octanol–water partition coefficient (Wildman–Crippen LogP) is 4.26. The van der Waals surface area contributed by atoms with Crippen LogP contribution in [0.5, 0.6) is 0 Å². The molecule has 0 atom stereocenters. The van der Waals surface area contributed by atoms with Gasteiger partial charge in [0.05, 0.1) is 22.6 Å². The molecule has 3 aromatic rings. The zero-order chi connectivity index (χ0) is 20.7. The molecule has 0 aliphatic heterocycles. The summed E-state index contributed by atoms with van der Waals surface area (Å²) in [5, 5.41) is 6.22. The van der Waals surface area contributed by atoms with Crippen LogP contribution in [0.3, 0.4) is 0 Å². The average molecular weight is 433 g/mol. The lowest BCUT2D eigenvalue weighted by Crippen LogP contribution is -2.15. The maximum absolute atomic E-state index is 13.1.